The molecule has 114 valence electrons. The van der Waals surface area contributed by atoms with Gasteiger partial charge >= 0.3 is 6.09 Å². The molecule has 0 saturated carbocycles. The molecule has 0 heterocycles. The van der Waals surface area contributed by atoms with E-state index in [4.69, 9.17) is 10.5 Å². The van der Waals surface area contributed by atoms with Gasteiger partial charge in [0.15, 0.2) is 0 Å². The second kappa shape index (κ2) is 9.59. The van der Waals surface area contributed by atoms with Gasteiger partial charge in [0.05, 0.1) is 6.04 Å². The Balaban J connectivity index is 2.34. The van der Waals surface area contributed by atoms with Gasteiger partial charge in [-0.1, -0.05) is 38.3 Å². The van der Waals surface area contributed by atoms with E-state index in [1.54, 1.807) is 6.08 Å². The number of carbonyl (C=O) groups is 1. The summed E-state index contributed by atoms with van der Waals surface area (Å²) >= 11 is 0. The van der Waals surface area contributed by atoms with Crippen molar-refractivity contribution in [2.75, 3.05) is 0 Å². The van der Waals surface area contributed by atoms with Crippen molar-refractivity contribution in [2.45, 2.75) is 70.1 Å². The van der Waals surface area contributed by atoms with E-state index in [-0.39, 0.29) is 18.2 Å². The number of nitrogens with two attached hydrogens (primary N) is 1. The third-order valence-corrected chi connectivity index (χ3v) is 3.61. The van der Waals surface area contributed by atoms with Crippen molar-refractivity contribution in [2.24, 2.45) is 5.73 Å². The Hall–Kier alpha value is -1.29. The SMILES string of the molecule is C=CC(NC(=O)O[C@H]1C=CCCC1)C(N)CCCCC. The minimum absolute atomic E-state index is 0.103. The summed E-state index contributed by atoms with van der Waals surface area (Å²) in [6, 6.07) is -0.333. The Labute approximate surface area is 122 Å². The van der Waals surface area contributed by atoms with E-state index in [1.165, 1.54) is 0 Å². The average molecular weight is 280 g/mol. The van der Waals surface area contributed by atoms with Gasteiger partial charge in [0, 0.05) is 6.04 Å². The van der Waals surface area contributed by atoms with Crippen LogP contribution in [0.15, 0.2) is 24.8 Å². The van der Waals surface area contributed by atoms with Crippen LogP contribution >= 0.6 is 0 Å². The molecular formula is C16H28N2O2. The van der Waals surface area contributed by atoms with E-state index in [0.29, 0.717) is 0 Å². The number of carbonyl (C=O) groups excluding carboxylic acids is 1. The van der Waals surface area contributed by atoms with Crippen molar-refractivity contribution in [3.05, 3.63) is 24.8 Å². The van der Waals surface area contributed by atoms with Crippen LogP contribution in [0.2, 0.25) is 0 Å². The molecular weight excluding hydrogens is 252 g/mol. The molecule has 0 spiro atoms. The van der Waals surface area contributed by atoms with Crippen LogP contribution in [0.3, 0.4) is 0 Å². The van der Waals surface area contributed by atoms with Crippen molar-refractivity contribution in [1.82, 2.24) is 5.32 Å². The number of hydrogen-bond acceptors (Lipinski definition) is 3. The number of alkyl carbamates (subject to hydrolysis) is 1. The maximum absolute atomic E-state index is 11.8. The lowest BCUT2D eigenvalue weighted by molar-refractivity contribution is 0.109. The van der Waals surface area contributed by atoms with Crippen molar-refractivity contribution < 1.29 is 9.53 Å². The van der Waals surface area contributed by atoms with Crippen molar-refractivity contribution in [1.29, 1.82) is 0 Å². The van der Waals surface area contributed by atoms with E-state index in [9.17, 15) is 4.79 Å². The zero-order chi connectivity index (χ0) is 14.8. The highest BCUT2D eigenvalue weighted by Crippen LogP contribution is 2.14. The molecule has 1 amide bonds. The van der Waals surface area contributed by atoms with Crippen LogP contribution in [0, 0.1) is 0 Å². The molecule has 20 heavy (non-hydrogen) atoms. The van der Waals surface area contributed by atoms with Crippen LogP contribution < -0.4 is 11.1 Å². The number of allylic oxidation sites excluding steroid dienone is 1. The van der Waals surface area contributed by atoms with Crippen LogP contribution in [0.5, 0.6) is 0 Å². The molecule has 4 heteroatoms. The summed E-state index contributed by atoms with van der Waals surface area (Å²) in [6.07, 6.45) is 12.5. The van der Waals surface area contributed by atoms with Gasteiger partial charge in [-0.05, 0) is 31.8 Å². The summed E-state index contributed by atoms with van der Waals surface area (Å²) in [4.78, 5) is 11.8. The molecule has 4 nitrogen and oxygen atoms in total. The number of rotatable bonds is 8. The van der Waals surface area contributed by atoms with Gasteiger partial charge in [0.1, 0.15) is 6.10 Å². The molecule has 1 aliphatic carbocycles. The van der Waals surface area contributed by atoms with E-state index in [2.05, 4.69) is 24.9 Å². The predicted molar refractivity (Wildman–Crippen MR) is 82.5 cm³/mol. The maximum Gasteiger partial charge on any atom is 0.408 e. The highest BCUT2D eigenvalue weighted by Gasteiger charge is 2.19. The van der Waals surface area contributed by atoms with Gasteiger partial charge in [0.2, 0.25) is 0 Å². The maximum atomic E-state index is 11.8. The molecule has 2 unspecified atom stereocenters. The molecule has 0 bridgehead atoms. The highest BCUT2D eigenvalue weighted by atomic mass is 16.6. The lowest BCUT2D eigenvalue weighted by Gasteiger charge is -2.23. The number of unbranched alkanes of at least 4 members (excludes halogenated alkanes) is 2. The molecule has 1 rings (SSSR count). The Morgan fingerprint density at radius 2 is 2.40 bits per heavy atom. The number of nitrogens with one attached hydrogen (secondary N) is 1. The third kappa shape index (κ3) is 6.24. The van der Waals surface area contributed by atoms with Gasteiger partial charge in [-0.3, -0.25) is 0 Å². The largest absolute Gasteiger partial charge is 0.442 e. The van der Waals surface area contributed by atoms with Crippen LogP contribution in [-0.4, -0.2) is 24.3 Å². The summed E-state index contributed by atoms with van der Waals surface area (Å²) in [5.41, 5.74) is 6.10. The molecule has 0 aliphatic heterocycles. The fourth-order valence-electron chi connectivity index (χ4n) is 2.34. The molecule has 1 aliphatic rings. The van der Waals surface area contributed by atoms with E-state index in [0.717, 1.165) is 44.9 Å². The monoisotopic (exact) mass is 280 g/mol. The van der Waals surface area contributed by atoms with E-state index < -0.39 is 6.09 Å². The summed E-state index contributed by atoms with van der Waals surface area (Å²) < 4.78 is 5.36. The van der Waals surface area contributed by atoms with Crippen molar-refractivity contribution in [3.8, 4) is 0 Å². The molecule has 0 radical (unpaired) electrons. The lowest BCUT2D eigenvalue weighted by atomic mass is 10.0. The Bertz CT molecular complexity index is 328. The molecule has 0 aromatic rings. The van der Waals surface area contributed by atoms with Crippen LogP contribution in [-0.2, 0) is 4.74 Å². The first kappa shape index (κ1) is 16.8. The smallest absolute Gasteiger partial charge is 0.408 e. The summed E-state index contributed by atoms with van der Waals surface area (Å²) in [5.74, 6) is 0. The van der Waals surface area contributed by atoms with Gasteiger partial charge in [-0.15, -0.1) is 6.58 Å². The first-order valence-electron chi connectivity index (χ1n) is 7.69. The van der Waals surface area contributed by atoms with Gasteiger partial charge in [-0.25, -0.2) is 4.79 Å². The molecule has 0 aromatic carbocycles. The number of ether oxygens (including phenoxy) is 1. The van der Waals surface area contributed by atoms with Crippen LogP contribution in [0.4, 0.5) is 4.79 Å². The molecule has 3 atom stereocenters. The topological polar surface area (TPSA) is 64.3 Å². The first-order valence-corrected chi connectivity index (χ1v) is 7.69. The fraction of sp³-hybridized carbons (Fsp3) is 0.688. The van der Waals surface area contributed by atoms with Gasteiger partial charge in [0.25, 0.3) is 0 Å². The van der Waals surface area contributed by atoms with E-state index in [1.807, 2.05) is 6.08 Å². The molecule has 0 saturated heterocycles. The fourth-order valence-corrected chi connectivity index (χ4v) is 2.34. The third-order valence-electron chi connectivity index (χ3n) is 3.61. The highest BCUT2D eigenvalue weighted by molar-refractivity contribution is 5.68. The average Bonchev–Trinajstić information content (AvgIpc) is 2.46. The van der Waals surface area contributed by atoms with Crippen molar-refractivity contribution >= 4 is 6.09 Å². The second-order valence-corrected chi connectivity index (χ2v) is 5.37. The van der Waals surface area contributed by atoms with E-state index >= 15 is 0 Å². The molecule has 0 aromatic heterocycles. The molecule has 3 N–H and O–H groups in total. The zero-order valence-electron chi connectivity index (χ0n) is 12.5. The van der Waals surface area contributed by atoms with Gasteiger partial charge in [-0.2, -0.15) is 0 Å². The molecule has 0 fully saturated rings. The van der Waals surface area contributed by atoms with Gasteiger partial charge < -0.3 is 15.8 Å². The lowest BCUT2D eigenvalue weighted by Crippen LogP contribution is -2.47. The zero-order valence-corrected chi connectivity index (χ0v) is 12.5. The predicted octanol–water partition coefficient (Wildman–Crippen LogP) is 3.28. The van der Waals surface area contributed by atoms with Crippen LogP contribution in [0.1, 0.15) is 51.9 Å². The second-order valence-electron chi connectivity index (χ2n) is 5.37. The Morgan fingerprint density at radius 1 is 1.60 bits per heavy atom. The standard InChI is InChI=1S/C16H28N2O2/c1-3-5-7-12-14(17)15(4-2)18-16(19)20-13-10-8-6-9-11-13/h4,8,10,13-15H,2-3,5-7,9,11-12,17H2,1H3,(H,18,19)/t13-,14?,15?/m0/s1. The summed E-state index contributed by atoms with van der Waals surface area (Å²) in [7, 11) is 0. The Morgan fingerprint density at radius 3 is 3.00 bits per heavy atom. The number of hydrogen-bond donors (Lipinski definition) is 2. The van der Waals surface area contributed by atoms with Crippen molar-refractivity contribution in [3.63, 3.8) is 0 Å². The quantitative estimate of drug-likeness (QED) is 0.529. The normalized spacial score (nSPS) is 21.0. The van der Waals surface area contributed by atoms with Crippen LogP contribution in [0.25, 0.3) is 0 Å². The minimum atomic E-state index is -0.405. The first-order chi connectivity index (χ1) is 9.67. The minimum Gasteiger partial charge on any atom is -0.442 e. The summed E-state index contributed by atoms with van der Waals surface area (Å²) in [6.45, 7) is 5.90. The Kier molecular flexibility index (Phi) is 8.04. The summed E-state index contributed by atoms with van der Waals surface area (Å²) in [5, 5.41) is 2.80. The number of amides is 1.